The maximum Gasteiger partial charge on any atom is 0.323 e. The van der Waals surface area contributed by atoms with Crippen LogP contribution in [0.1, 0.15) is 52.9 Å². The summed E-state index contributed by atoms with van der Waals surface area (Å²) in [6.07, 6.45) is 7.32. The third kappa shape index (κ3) is 8.57. The second-order valence-corrected chi connectivity index (χ2v) is 9.82. The van der Waals surface area contributed by atoms with Crippen LogP contribution in [0.25, 0.3) is 0 Å². The zero-order valence-electron chi connectivity index (χ0n) is 19.1. The number of carbonyl (C=O) groups is 1. The fourth-order valence-corrected chi connectivity index (χ4v) is 4.62. The third-order valence-corrected chi connectivity index (χ3v) is 7.39. The van der Waals surface area contributed by atoms with Gasteiger partial charge in [-0.25, -0.2) is 0 Å². The number of carbonyl (C=O) groups excluding carboxylic acids is 1. The first kappa shape index (κ1) is 27.0. The average molecular weight is 449 g/mol. The molecule has 1 fully saturated rings. The van der Waals surface area contributed by atoms with Gasteiger partial charge in [-0.05, 0) is 57.1 Å². The molecule has 0 amide bonds. The van der Waals surface area contributed by atoms with Crippen LogP contribution in [-0.2, 0) is 9.53 Å². The van der Waals surface area contributed by atoms with Gasteiger partial charge in [0.05, 0.1) is 12.8 Å². The van der Waals surface area contributed by atoms with Crippen molar-refractivity contribution in [3.05, 3.63) is 0 Å². The normalized spacial score (nSPS) is 24.1. The highest BCUT2D eigenvalue weighted by Gasteiger charge is 2.42. The van der Waals surface area contributed by atoms with Crippen LogP contribution in [0.2, 0.25) is 0 Å². The first-order chi connectivity index (χ1) is 13.8. The molecule has 4 N–H and O–H groups in total. The lowest BCUT2D eigenvalue weighted by Crippen LogP contribution is -2.66. The molecule has 1 saturated heterocycles. The Morgan fingerprint density at radius 2 is 2.17 bits per heavy atom. The van der Waals surface area contributed by atoms with Crippen LogP contribution in [0.5, 0.6) is 0 Å². The Labute approximate surface area is 188 Å². The van der Waals surface area contributed by atoms with Gasteiger partial charge in [-0.15, -0.1) is 0 Å². The van der Waals surface area contributed by atoms with Gasteiger partial charge in [-0.1, -0.05) is 20.3 Å². The van der Waals surface area contributed by atoms with Crippen molar-refractivity contribution >= 4 is 30.4 Å². The molecular formula is C21H44N4O2S2. The number of nitrogens with one attached hydrogen (secondary N) is 2. The molecule has 5 atom stereocenters. The average Bonchev–Trinajstić information content (AvgIpc) is 2.74. The van der Waals surface area contributed by atoms with Crippen molar-refractivity contribution in [1.82, 2.24) is 15.5 Å². The van der Waals surface area contributed by atoms with Gasteiger partial charge in [0.2, 0.25) is 0 Å². The second-order valence-electron chi connectivity index (χ2n) is 8.47. The van der Waals surface area contributed by atoms with Crippen LogP contribution >= 0.6 is 24.4 Å². The summed E-state index contributed by atoms with van der Waals surface area (Å²) in [5, 5.41) is 7.39. The topological polar surface area (TPSA) is 79.6 Å². The van der Waals surface area contributed by atoms with Gasteiger partial charge in [0.1, 0.15) is 6.04 Å². The smallest absolute Gasteiger partial charge is 0.323 e. The quantitative estimate of drug-likeness (QED) is 0.240. The molecule has 0 aromatic carbocycles. The maximum atomic E-state index is 12.8. The van der Waals surface area contributed by atoms with Crippen LogP contribution in [0.3, 0.4) is 0 Å². The number of rotatable bonds is 14. The zero-order chi connectivity index (χ0) is 21.9. The first-order valence-corrected chi connectivity index (χ1v) is 13.0. The highest BCUT2D eigenvalue weighted by Crippen LogP contribution is 2.29. The molecule has 2 unspecified atom stereocenters. The minimum Gasteiger partial charge on any atom is -0.468 e. The summed E-state index contributed by atoms with van der Waals surface area (Å²) in [4.78, 5) is 15.2. The number of thioether (sulfide) groups is 1. The Hall–Kier alpha value is 0.0100. The van der Waals surface area contributed by atoms with E-state index < -0.39 is 0 Å². The molecule has 29 heavy (non-hydrogen) atoms. The summed E-state index contributed by atoms with van der Waals surface area (Å²) in [6.45, 7) is 9.22. The molecule has 0 spiro atoms. The van der Waals surface area contributed by atoms with E-state index >= 15 is 0 Å². The molecule has 1 aliphatic rings. The Balaban J connectivity index is 3.15. The number of ether oxygens (including phenoxy) is 1. The Morgan fingerprint density at radius 1 is 1.45 bits per heavy atom. The number of nitrogens with two attached hydrogens (primary N) is 1. The molecule has 1 heterocycles. The maximum absolute atomic E-state index is 12.8. The molecule has 0 radical (unpaired) electrons. The lowest BCUT2D eigenvalue weighted by molar-refractivity contribution is -0.152. The van der Waals surface area contributed by atoms with Crippen LogP contribution < -0.4 is 16.4 Å². The summed E-state index contributed by atoms with van der Waals surface area (Å²) in [7, 11) is 1.50. The van der Waals surface area contributed by atoms with E-state index in [4.69, 9.17) is 10.5 Å². The molecule has 1 rings (SSSR count). The van der Waals surface area contributed by atoms with E-state index in [1.807, 2.05) is 0 Å². The highest BCUT2D eigenvalue weighted by molar-refractivity contribution is 7.98. The number of esters is 1. The number of piperidine rings is 1. The van der Waals surface area contributed by atoms with Crippen molar-refractivity contribution < 1.29 is 9.53 Å². The number of hydrogen-bond donors (Lipinski definition) is 4. The number of hydrogen-bond acceptors (Lipinski definition) is 8. The largest absolute Gasteiger partial charge is 0.468 e. The molecule has 0 aliphatic carbocycles. The van der Waals surface area contributed by atoms with Gasteiger partial charge in [-0.3, -0.25) is 15.0 Å². The van der Waals surface area contributed by atoms with E-state index in [0.29, 0.717) is 11.7 Å². The van der Waals surface area contributed by atoms with Gasteiger partial charge < -0.3 is 15.8 Å². The van der Waals surface area contributed by atoms with Crippen molar-refractivity contribution in [3.8, 4) is 0 Å². The lowest BCUT2D eigenvalue weighted by Gasteiger charge is -2.49. The summed E-state index contributed by atoms with van der Waals surface area (Å²) in [5.41, 5.74) is 5.90. The number of methoxy groups -OCH3 is 1. The van der Waals surface area contributed by atoms with Crippen LogP contribution in [-0.4, -0.2) is 79.2 Å². The molecule has 0 saturated carbocycles. The predicted octanol–water partition coefficient (Wildman–Crippen LogP) is 2.33. The fourth-order valence-electron chi connectivity index (χ4n) is 4.03. The fraction of sp³-hybridized carbons (Fsp3) is 0.952. The molecular weight excluding hydrogens is 404 g/mol. The second kappa shape index (κ2) is 14.1. The minimum atomic E-state index is -0.255. The van der Waals surface area contributed by atoms with E-state index in [9.17, 15) is 4.79 Å². The van der Waals surface area contributed by atoms with Gasteiger partial charge in [-0.2, -0.15) is 24.4 Å². The summed E-state index contributed by atoms with van der Waals surface area (Å²) in [6, 6.07) is 0.0116. The van der Waals surface area contributed by atoms with Gasteiger partial charge in [0, 0.05) is 30.9 Å². The predicted molar refractivity (Wildman–Crippen MR) is 129 cm³/mol. The first-order valence-electron chi connectivity index (χ1n) is 11.0. The molecule has 6 nitrogen and oxygen atoms in total. The van der Waals surface area contributed by atoms with Crippen molar-refractivity contribution in [1.29, 1.82) is 0 Å². The van der Waals surface area contributed by atoms with E-state index in [0.717, 1.165) is 44.6 Å². The number of thiol groups is 1. The van der Waals surface area contributed by atoms with Gasteiger partial charge in [0.25, 0.3) is 0 Å². The van der Waals surface area contributed by atoms with Gasteiger partial charge in [0.15, 0.2) is 0 Å². The molecule has 0 bridgehead atoms. The standard InChI is InChI=1S/C21H44N4O2S2/c1-6-16(2)18(23-13-17(22)15-28)14-25(21(3)10-7-8-11-24-21)19(9-12-29-5)20(26)27-4/h16-19,23-24,28H,6-15,22H2,1-5H3/t16?,17-,18-,19+,21?/m1/s1. The minimum absolute atomic E-state index is 0.0228. The van der Waals surface area contributed by atoms with Crippen molar-refractivity contribution in [2.45, 2.75) is 76.7 Å². The molecule has 172 valence electrons. The van der Waals surface area contributed by atoms with E-state index in [1.54, 1.807) is 11.8 Å². The Kier molecular flexibility index (Phi) is 13.2. The summed E-state index contributed by atoms with van der Waals surface area (Å²) < 4.78 is 5.24. The van der Waals surface area contributed by atoms with Crippen LogP contribution in [0, 0.1) is 5.92 Å². The molecule has 0 aromatic rings. The monoisotopic (exact) mass is 448 g/mol. The van der Waals surface area contributed by atoms with Crippen molar-refractivity contribution in [2.24, 2.45) is 11.7 Å². The van der Waals surface area contributed by atoms with Crippen molar-refractivity contribution in [2.75, 3.05) is 44.5 Å². The Morgan fingerprint density at radius 3 is 2.69 bits per heavy atom. The van der Waals surface area contributed by atoms with E-state index in [2.05, 4.69) is 55.2 Å². The third-order valence-electron chi connectivity index (χ3n) is 6.28. The SMILES string of the molecule is CCC(C)[C@@H](CN([C@@H](CCSC)C(=O)OC)C1(C)CCCCN1)NC[C@@H](N)CS. The lowest BCUT2D eigenvalue weighted by atomic mass is 9.91. The molecule has 0 aromatic heterocycles. The molecule has 8 heteroatoms. The van der Waals surface area contributed by atoms with Crippen LogP contribution in [0.15, 0.2) is 0 Å². The van der Waals surface area contributed by atoms with E-state index in [1.165, 1.54) is 20.0 Å². The van der Waals surface area contributed by atoms with Gasteiger partial charge >= 0.3 is 5.97 Å². The Bertz CT molecular complexity index is 464. The zero-order valence-corrected chi connectivity index (χ0v) is 20.8. The van der Waals surface area contributed by atoms with E-state index in [-0.39, 0.29) is 29.8 Å². The number of nitrogens with zero attached hydrogens (tertiary/aromatic N) is 1. The summed E-state index contributed by atoms with van der Waals surface area (Å²) in [5.74, 6) is 1.92. The van der Waals surface area contributed by atoms with Crippen LogP contribution in [0.4, 0.5) is 0 Å². The highest BCUT2D eigenvalue weighted by atomic mass is 32.2. The molecule has 1 aliphatic heterocycles. The van der Waals surface area contributed by atoms with Crippen molar-refractivity contribution in [3.63, 3.8) is 0 Å². The summed E-state index contributed by atoms with van der Waals surface area (Å²) >= 11 is 6.09.